The first-order valence-electron chi connectivity index (χ1n) is 7.47. The first-order chi connectivity index (χ1) is 11.2. The van der Waals surface area contributed by atoms with Crippen molar-refractivity contribution in [1.82, 2.24) is 20.2 Å². The number of H-pyrrole nitrogens is 1. The number of aromatic nitrogens is 2. The summed E-state index contributed by atoms with van der Waals surface area (Å²) in [6.45, 7) is 2.24. The lowest BCUT2D eigenvalue weighted by Gasteiger charge is -2.25. The second-order valence-electron chi connectivity index (χ2n) is 5.18. The molecule has 23 heavy (non-hydrogen) atoms. The zero-order chi connectivity index (χ0) is 16.2. The smallest absolute Gasteiger partial charge is 0.325 e. The highest BCUT2D eigenvalue weighted by atomic mass is 32.1. The molecule has 7 heteroatoms. The number of ether oxygens (including phenoxy) is 1. The fourth-order valence-corrected chi connectivity index (χ4v) is 3.09. The van der Waals surface area contributed by atoms with E-state index in [9.17, 15) is 4.79 Å². The third kappa shape index (κ3) is 3.19. The Labute approximate surface area is 139 Å². The number of hydrogen-bond acceptors (Lipinski definition) is 4. The molecule has 1 aliphatic heterocycles. The van der Waals surface area contributed by atoms with Crippen molar-refractivity contribution in [3.05, 3.63) is 54.1 Å². The second-order valence-corrected chi connectivity index (χ2v) is 5.57. The van der Waals surface area contributed by atoms with Crippen molar-refractivity contribution in [2.24, 2.45) is 0 Å². The molecule has 1 saturated heterocycles. The van der Waals surface area contributed by atoms with Crippen LogP contribution in [0.3, 0.4) is 0 Å². The third-order valence-corrected chi connectivity index (χ3v) is 4.10. The van der Waals surface area contributed by atoms with Gasteiger partial charge < -0.3 is 19.9 Å². The van der Waals surface area contributed by atoms with Crippen LogP contribution >= 0.6 is 12.2 Å². The number of esters is 1. The Hall–Kier alpha value is -2.41. The van der Waals surface area contributed by atoms with E-state index in [-0.39, 0.29) is 24.6 Å². The Kier molecular flexibility index (Phi) is 4.57. The number of hydrogen-bond donors (Lipinski definition) is 2. The van der Waals surface area contributed by atoms with E-state index < -0.39 is 0 Å². The van der Waals surface area contributed by atoms with E-state index in [1.807, 2.05) is 41.4 Å². The Bertz CT molecular complexity index is 675. The van der Waals surface area contributed by atoms with Crippen LogP contribution in [0.25, 0.3) is 0 Å². The average Bonchev–Trinajstić information content (AvgIpc) is 3.17. The van der Waals surface area contributed by atoms with E-state index in [4.69, 9.17) is 17.0 Å². The molecule has 0 aliphatic carbocycles. The number of aromatic amines is 1. The first-order valence-corrected chi connectivity index (χ1v) is 7.88. The number of carbonyl (C=O) groups is 1. The zero-order valence-corrected chi connectivity index (χ0v) is 13.5. The molecule has 1 fully saturated rings. The molecular formula is C16H18N4O2S. The largest absolute Gasteiger partial charge is 0.465 e. The fourth-order valence-electron chi connectivity index (χ4n) is 2.79. The van der Waals surface area contributed by atoms with Crippen molar-refractivity contribution in [3.8, 4) is 0 Å². The first kappa shape index (κ1) is 15.5. The van der Waals surface area contributed by atoms with Crippen molar-refractivity contribution < 1.29 is 9.53 Å². The minimum Gasteiger partial charge on any atom is -0.465 e. The van der Waals surface area contributed by atoms with Gasteiger partial charge in [0.2, 0.25) is 0 Å². The van der Waals surface area contributed by atoms with E-state index in [1.54, 1.807) is 13.1 Å². The van der Waals surface area contributed by atoms with Gasteiger partial charge in [0.15, 0.2) is 5.11 Å². The molecule has 0 aromatic carbocycles. The predicted octanol–water partition coefficient (Wildman–Crippen LogP) is 1.95. The Balaban J connectivity index is 1.92. The molecule has 0 radical (unpaired) electrons. The maximum atomic E-state index is 11.9. The lowest BCUT2D eigenvalue weighted by molar-refractivity contribution is -0.143. The lowest BCUT2D eigenvalue weighted by Crippen LogP contribution is -2.35. The average molecular weight is 330 g/mol. The van der Waals surface area contributed by atoms with E-state index in [1.165, 1.54) is 0 Å². The lowest BCUT2D eigenvalue weighted by atomic mass is 10.0. The highest BCUT2D eigenvalue weighted by molar-refractivity contribution is 7.80. The number of nitrogens with one attached hydrogen (secondary N) is 2. The summed E-state index contributed by atoms with van der Waals surface area (Å²) in [6, 6.07) is 9.39. The summed E-state index contributed by atoms with van der Waals surface area (Å²) in [5.41, 5.74) is 1.85. The summed E-state index contributed by atoms with van der Waals surface area (Å²) in [5, 5.41) is 3.79. The van der Waals surface area contributed by atoms with Gasteiger partial charge in [-0.1, -0.05) is 6.07 Å². The van der Waals surface area contributed by atoms with Crippen molar-refractivity contribution >= 4 is 23.3 Å². The van der Waals surface area contributed by atoms with E-state index in [0.29, 0.717) is 11.7 Å². The molecule has 6 nitrogen and oxygen atoms in total. The summed E-state index contributed by atoms with van der Waals surface area (Å²) >= 11 is 5.44. The summed E-state index contributed by atoms with van der Waals surface area (Å²) in [7, 11) is 0. The van der Waals surface area contributed by atoms with Crippen LogP contribution in [0, 0.1) is 0 Å². The number of nitrogens with zero attached hydrogens (tertiary/aromatic N) is 2. The van der Waals surface area contributed by atoms with Crippen molar-refractivity contribution in [2.75, 3.05) is 13.2 Å². The van der Waals surface area contributed by atoms with E-state index in [2.05, 4.69) is 15.3 Å². The molecule has 1 aliphatic rings. The number of thiocarbonyl (C=S) groups is 1. The molecular weight excluding hydrogens is 312 g/mol. The predicted molar refractivity (Wildman–Crippen MR) is 89.6 cm³/mol. The van der Waals surface area contributed by atoms with Gasteiger partial charge in [0.1, 0.15) is 6.54 Å². The standard InChI is InChI=1S/C16H18N4O2S/c1-2-22-13(21)10-20-15(12-7-5-9-18-12)14(19-16(20)23)11-6-3-4-8-17-11/h3-9,14-15,18H,2,10H2,1H3,(H,19,23)/t14-,15+/m1/s1. The van der Waals surface area contributed by atoms with Crippen LogP contribution < -0.4 is 5.32 Å². The summed E-state index contributed by atoms with van der Waals surface area (Å²) in [5.74, 6) is -0.296. The van der Waals surface area contributed by atoms with Crippen molar-refractivity contribution in [3.63, 3.8) is 0 Å². The van der Waals surface area contributed by atoms with Crippen LogP contribution in [-0.4, -0.2) is 39.1 Å². The van der Waals surface area contributed by atoms with Crippen LogP contribution in [-0.2, 0) is 9.53 Å². The molecule has 3 rings (SSSR count). The molecule has 2 N–H and O–H groups in total. The Morgan fingerprint density at radius 3 is 2.91 bits per heavy atom. The van der Waals surface area contributed by atoms with Gasteiger partial charge in [0.05, 0.1) is 24.4 Å². The maximum Gasteiger partial charge on any atom is 0.325 e. The van der Waals surface area contributed by atoms with Crippen molar-refractivity contribution in [1.29, 1.82) is 0 Å². The van der Waals surface area contributed by atoms with Gasteiger partial charge in [-0.05, 0) is 43.4 Å². The van der Waals surface area contributed by atoms with Gasteiger partial charge in [0, 0.05) is 18.1 Å². The van der Waals surface area contributed by atoms with Crippen LogP contribution in [0.4, 0.5) is 0 Å². The molecule has 0 unspecified atom stereocenters. The van der Waals surface area contributed by atoms with Gasteiger partial charge in [-0.25, -0.2) is 0 Å². The van der Waals surface area contributed by atoms with E-state index in [0.717, 1.165) is 11.4 Å². The van der Waals surface area contributed by atoms with Gasteiger partial charge in [-0.2, -0.15) is 0 Å². The molecule has 0 amide bonds. The molecule has 2 aromatic heterocycles. The SMILES string of the molecule is CCOC(=O)CN1C(=S)N[C@H](c2ccccn2)[C@@H]1c1ccc[nH]1. The highest BCUT2D eigenvalue weighted by Gasteiger charge is 2.41. The topological polar surface area (TPSA) is 70.2 Å². The molecule has 2 aromatic rings. The summed E-state index contributed by atoms with van der Waals surface area (Å²) < 4.78 is 5.06. The summed E-state index contributed by atoms with van der Waals surface area (Å²) in [4.78, 5) is 21.4. The van der Waals surface area contributed by atoms with Crippen molar-refractivity contribution in [2.45, 2.75) is 19.0 Å². The molecule has 3 heterocycles. The Morgan fingerprint density at radius 2 is 2.26 bits per heavy atom. The molecule has 0 spiro atoms. The normalized spacial score (nSPS) is 20.4. The van der Waals surface area contributed by atoms with E-state index >= 15 is 0 Å². The molecule has 2 atom stereocenters. The van der Waals surface area contributed by atoms with Gasteiger partial charge >= 0.3 is 5.97 Å². The number of pyridine rings is 1. The quantitative estimate of drug-likeness (QED) is 0.645. The second kappa shape index (κ2) is 6.78. The number of rotatable bonds is 5. The molecule has 0 bridgehead atoms. The van der Waals surface area contributed by atoms with Crippen LogP contribution in [0.5, 0.6) is 0 Å². The van der Waals surface area contributed by atoms with Gasteiger partial charge in [-0.3, -0.25) is 9.78 Å². The van der Waals surface area contributed by atoms with Gasteiger partial charge in [0.25, 0.3) is 0 Å². The van der Waals surface area contributed by atoms with Crippen LogP contribution in [0.2, 0.25) is 0 Å². The Morgan fingerprint density at radius 1 is 1.39 bits per heavy atom. The van der Waals surface area contributed by atoms with Gasteiger partial charge in [-0.15, -0.1) is 0 Å². The minimum atomic E-state index is -0.296. The summed E-state index contributed by atoms with van der Waals surface area (Å²) in [6.07, 6.45) is 3.61. The monoisotopic (exact) mass is 330 g/mol. The zero-order valence-electron chi connectivity index (χ0n) is 12.7. The number of carbonyl (C=O) groups excluding carboxylic acids is 1. The molecule has 120 valence electrons. The maximum absolute atomic E-state index is 11.9. The van der Waals surface area contributed by atoms with Crippen LogP contribution in [0.1, 0.15) is 30.4 Å². The molecule has 0 saturated carbocycles. The third-order valence-electron chi connectivity index (χ3n) is 3.74. The minimum absolute atomic E-state index is 0.104. The van der Waals surface area contributed by atoms with Crippen LogP contribution in [0.15, 0.2) is 42.7 Å². The highest BCUT2D eigenvalue weighted by Crippen LogP contribution is 2.37. The fraction of sp³-hybridized carbons (Fsp3) is 0.312.